The lowest BCUT2D eigenvalue weighted by Crippen LogP contribution is -2.37. The maximum absolute atomic E-state index is 11.7. The fourth-order valence-corrected chi connectivity index (χ4v) is 1.40. The summed E-state index contributed by atoms with van der Waals surface area (Å²) >= 11 is 0. The first-order chi connectivity index (χ1) is 8.52. The summed E-state index contributed by atoms with van der Waals surface area (Å²) in [6.45, 7) is 1.32. The van der Waals surface area contributed by atoms with Crippen LogP contribution in [0, 0.1) is 5.92 Å². The van der Waals surface area contributed by atoms with Gasteiger partial charge in [-0.05, 0) is 5.56 Å². The third-order valence-electron chi connectivity index (χ3n) is 2.52. The van der Waals surface area contributed by atoms with E-state index >= 15 is 0 Å². The molecular weight excluding hydrogens is 234 g/mol. The SMILES string of the molecule is CC(C(=O)NOCC(N)=O)C(N)c1ccccc1. The van der Waals surface area contributed by atoms with Crippen LogP contribution in [0.2, 0.25) is 0 Å². The summed E-state index contributed by atoms with van der Waals surface area (Å²) in [5, 5.41) is 0. The minimum atomic E-state index is -0.657. The van der Waals surface area contributed by atoms with Gasteiger partial charge in [-0.1, -0.05) is 37.3 Å². The Labute approximate surface area is 105 Å². The number of amides is 2. The summed E-state index contributed by atoms with van der Waals surface area (Å²) < 4.78 is 0. The molecule has 6 heteroatoms. The van der Waals surface area contributed by atoms with Gasteiger partial charge in [0.25, 0.3) is 0 Å². The minimum absolute atomic E-state index is 0.362. The van der Waals surface area contributed by atoms with Crippen LogP contribution >= 0.6 is 0 Å². The first kappa shape index (κ1) is 14.1. The zero-order valence-electron chi connectivity index (χ0n) is 10.1. The average molecular weight is 251 g/mol. The quantitative estimate of drug-likeness (QED) is 0.611. The minimum Gasteiger partial charge on any atom is -0.368 e. The van der Waals surface area contributed by atoms with Crippen molar-refractivity contribution < 1.29 is 14.4 Å². The third-order valence-corrected chi connectivity index (χ3v) is 2.52. The Balaban J connectivity index is 2.50. The Kier molecular flexibility index (Phi) is 5.29. The molecule has 0 aliphatic carbocycles. The Morgan fingerprint density at radius 3 is 2.50 bits per heavy atom. The van der Waals surface area contributed by atoms with Crippen molar-refractivity contribution >= 4 is 11.8 Å². The smallest absolute Gasteiger partial charge is 0.248 e. The van der Waals surface area contributed by atoms with Gasteiger partial charge in [-0.25, -0.2) is 5.48 Å². The molecule has 0 aliphatic heterocycles. The predicted octanol–water partition coefficient (Wildman–Crippen LogP) is -0.144. The largest absolute Gasteiger partial charge is 0.368 e. The van der Waals surface area contributed by atoms with Gasteiger partial charge in [0.05, 0.1) is 5.92 Å². The number of carbonyl (C=O) groups is 2. The molecule has 1 rings (SSSR count). The highest BCUT2D eigenvalue weighted by atomic mass is 16.7. The lowest BCUT2D eigenvalue weighted by Gasteiger charge is -2.19. The van der Waals surface area contributed by atoms with Gasteiger partial charge in [0.15, 0.2) is 6.61 Å². The summed E-state index contributed by atoms with van der Waals surface area (Å²) in [5.41, 5.74) is 13.8. The molecule has 1 aromatic rings. The normalized spacial score (nSPS) is 13.7. The second-order valence-corrected chi connectivity index (χ2v) is 3.95. The van der Waals surface area contributed by atoms with E-state index in [0.717, 1.165) is 5.56 Å². The van der Waals surface area contributed by atoms with Crippen LogP contribution in [0.25, 0.3) is 0 Å². The summed E-state index contributed by atoms with van der Waals surface area (Å²) in [4.78, 5) is 26.7. The summed E-state index contributed by atoms with van der Waals surface area (Å²) in [5.74, 6) is -1.54. The number of hydroxylamine groups is 1. The number of hydrogen-bond acceptors (Lipinski definition) is 4. The number of primary amides is 1. The predicted molar refractivity (Wildman–Crippen MR) is 65.8 cm³/mol. The highest BCUT2D eigenvalue weighted by molar-refractivity contribution is 5.79. The topological polar surface area (TPSA) is 107 Å². The molecule has 0 heterocycles. The highest BCUT2D eigenvalue weighted by Crippen LogP contribution is 2.18. The van der Waals surface area contributed by atoms with Gasteiger partial charge in [-0.2, -0.15) is 0 Å². The van der Waals surface area contributed by atoms with E-state index in [1.165, 1.54) is 0 Å². The zero-order chi connectivity index (χ0) is 13.5. The Morgan fingerprint density at radius 1 is 1.33 bits per heavy atom. The second-order valence-electron chi connectivity index (χ2n) is 3.95. The van der Waals surface area contributed by atoms with E-state index in [1.54, 1.807) is 6.92 Å². The number of carbonyl (C=O) groups excluding carboxylic acids is 2. The number of nitrogens with one attached hydrogen (secondary N) is 1. The lowest BCUT2D eigenvalue weighted by atomic mass is 9.95. The van der Waals surface area contributed by atoms with Crippen molar-refractivity contribution in [1.82, 2.24) is 5.48 Å². The van der Waals surface area contributed by atoms with E-state index in [0.29, 0.717) is 0 Å². The maximum Gasteiger partial charge on any atom is 0.248 e. The second kappa shape index (κ2) is 6.73. The molecule has 0 radical (unpaired) electrons. The Morgan fingerprint density at radius 2 is 1.94 bits per heavy atom. The number of rotatable bonds is 6. The molecule has 0 aromatic heterocycles. The van der Waals surface area contributed by atoms with Gasteiger partial charge < -0.3 is 11.5 Å². The van der Waals surface area contributed by atoms with Crippen molar-refractivity contribution in [2.24, 2.45) is 17.4 Å². The molecule has 6 nitrogen and oxygen atoms in total. The van der Waals surface area contributed by atoms with E-state index < -0.39 is 23.8 Å². The van der Waals surface area contributed by atoms with Crippen LogP contribution in [0.4, 0.5) is 0 Å². The summed E-state index contributed by atoms with van der Waals surface area (Å²) in [6, 6.07) is 8.82. The van der Waals surface area contributed by atoms with Crippen molar-refractivity contribution in [2.75, 3.05) is 6.61 Å². The Hall–Kier alpha value is -1.92. The fourth-order valence-electron chi connectivity index (χ4n) is 1.40. The van der Waals surface area contributed by atoms with Crippen LogP contribution in [-0.2, 0) is 14.4 Å². The molecule has 2 unspecified atom stereocenters. The van der Waals surface area contributed by atoms with E-state index in [2.05, 4.69) is 10.3 Å². The first-order valence-corrected chi connectivity index (χ1v) is 5.53. The molecule has 98 valence electrons. The van der Waals surface area contributed by atoms with E-state index in [9.17, 15) is 9.59 Å². The molecule has 0 bridgehead atoms. The van der Waals surface area contributed by atoms with Gasteiger partial charge in [0.1, 0.15) is 0 Å². The molecule has 1 aromatic carbocycles. The number of hydrogen-bond donors (Lipinski definition) is 3. The van der Waals surface area contributed by atoms with Gasteiger partial charge in [0, 0.05) is 6.04 Å². The molecular formula is C12H17N3O3. The third kappa shape index (κ3) is 4.15. The fraction of sp³-hybridized carbons (Fsp3) is 0.333. The first-order valence-electron chi connectivity index (χ1n) is 5.53. The van der Waals surface area contributed by atoms with Gasteiger partial charge in [-0.15, -0.1) is 0 Å². The molecule has 2 atom stereocenters. The highest BCUT2D eigenvalue weighted by Gasteiger charge is 2.22. The molecule has 18 heavy (non-hydrogen) atoms. The van der Waals surface area contributed by atoms with E-state index in [4.69, 9.17) is 11.5 Å². The van der Waals surface area contributed by atoms with Crippen molar-refractivity contribution in [3.63, 3.8) is 0 Å². The zero-order valence-corrected chi connectivity index (χ0v) is 10.1. The van der Waals surface area contributed by atoms with Crippen molar-refractivity contribution in [2.45, 2.75) is 13.0 Å². The van der Waals surface area contributed by atoms with Gasteiger partial charge >= 0.3 is 0 Å². The van der Waals surface area contributed by atoms with Crippen molar-refractivity contribution in [3.8, 4) is 0 Å². The molecule has 0 fully saturated rings. The monoisotopic (exact) mass is 251 g/mol. The van der Waals surface area contributed by atoms with Crippen LogP contribution in [0.3, 0.4) is 0 Å². The number of nitrogens with two attached hydrogens (primary N) is 2. The van der Waals surface area contributed by atoms with Crippen LogP contribution in [0.15, 0.2) is 30.3 Å². The molecule has 5 N–H and O–H groups in total. The molecule has 0 saturated heterocycles. The molecule has 0 spiro atoms. The van der Waals surface area contributed by atoms with E-state index in [1.807, 2.05) is 30.3 Å². The summed E-state index contributed by atoms with van der Waals surface area (Å²) in [6.07, 6.45) is 0. The lowest BCUT2D eigenvalue weighted by molar-refractivity contribution is -0.141. The van der Waals surface area contributed by atoms with Crippen LogP contribution in [-0.4, -0.2) is 18.4 Å². The molecule has 2 amide bonds. The average Bonchev–Trinajstić information content (AvgIpc) is 2.37. The van der Waals surface area contributed by atoms with Crippen LogP contribution < -0.4 is 16.9 Å². The Bertz CT molecular complexity index is 408. The van der Waals surface area contributed by atoms with E-state index in [-0.39, 0.29) is 6.61 Å². The molecule has 0 aliphatic rings. The van der Waals surface area contributed by atoms with Crippen molar-refractivity contribution in [3.05, 3.63) is 35.9 Å². The number of benzene rings is 1. The van der Waals surface area contributed by atoms with Crippen LogP contribution in [0.5, 0.6) is 0 Å². The summed E-state index contributed by atoms with van der Waals surface area (Å²) in [7, 11) is 0. The van der Waals surface area contributed by atoms with Crippen LogP contribution in [0.1, 0.15) is 18.5 Å². The maximum atomic E-state index is 11.7. The molecule has 0 saturated carbocycles. The standard InChI is InChI=1S/C12H17N3O3/c1-8(12(17)15-18-7-10(13)16)11(14)9-5-3-2-4-6-9/h2-6,8,11H,7,14H2,1H3,(H2,13,16)(H,15,17). The van der Waals surface area contributed by atoms with Gasteiger partial charge in [-0.3, -0.25) is 14.4 Å². The van der Waals surface area contributed by atoms with Gasteiger partial charge in [0.2, 0.25) is 11.8 Å². The van der Waals surface area contributed by atoms with Crippen molar-refractivity contribution in [1.29, 1.82) is 0 Å².